The van der Waals surface area contributed by atoms with Gasteiger partial charge in [0.1, 0.15) is 5.75 Å². The molecule has 0 saturated heterocycles. The molecule has 0 fully saturated rings. The van der Waals surface area contributed by atoms with Gasteiger partial charge in [0.2, 0.25) is 5.91 Å². The highest BCUT2D eigenvalue weighted by atomic mass is 16.5. The van der Waals surface area contributed by atoms with Gasteiger partial charge in [-0.1, -0.05) is 6.07 Å². The molecule has 0 radical (unpaired) electrons. The number of nitrogens with one attached hydrogen (secondary N) is 1. The van der Waals surface area contributed by atoms with Gasteiger partial charge in [-0.2, -0.15) is 0 Å². The van der Waals surface area contributed by atoms with Crippen molar-refractivity contribution in [1.29, 1.82) is 0 Å². The minimum atomic E-state index is -0.0900. The molecule has 0 atom stereocenters. The van der Waals surface area contributed by atoms with E-state index in [1.54, 1.807) is 7.11 Å². The fourth-order valence-electron chi connectivity index (χ4n) is 1.58. The largest absolute Gasteiger partial charge is 0.495 e. The van der Waals surface area contributed by atoms with E-state index in [1.807, 2.05) is 26.0 Å². The van der Waals surface area contributed by atoms with Crippen molar-refractivity contribution in [2.75, 3.05) is 19.0 Å². The zero-order valence-electron chi connectivity index (χ0n) is 9.96. The number of ether oxygens (including phenoxy) is 1. The second-order valence-corrected chi connectivity index (χ2v) is 3.75. The lowest BCUT2D eigenvalue weighted by atomic mass is 10.1. The molecule has 0 aliphatic rings. The zero-order chi connectivity index (χ0) is 12.1. The minimum Gasteiger partial charge on any atom is -0.495 e. The van der Waals surface area contributed by atoms with Crippen LogP contribution in [0.15, 0.2) is 12.1 Å². The number of nitrogens with two attached hydrogens (primary N) is 1. The highest BCUT2D eigenvalue weighted by molar-refractivity contribution is 5.93. The van der Waals surface area contributed by atoms with Crippen molar-refractivity contribution in [2.45, 2.75) is 20.3 Å². The Morgan fingerprint density at radius 1 is 1.44 bits per heavy atom. The van der Waals surface area contributed by atoms with E-state index in [9.17, 15) is 4.79 Å². The van der Waals surface area contributed by atoms with Crippen LogP contribution in [0.3, 0.4) is 0 Å². The molecule has 1 rings (SSSR count). The number of rotatable bonds is 4. The summed E-state index contributed by atoms with van der Waals surface area (Å²) in [6.45, 7) is 4.27. The highest BCUT2D eigenvalue weighted by Crippen LogP contribution is 2.29. The van der Waals surface area contributed by atoms with E-state index in [4.69, 9.17) is 10.5 Å². The smallest absolute Gasteiger partial charge is 0.225 e. The number of hydrogen-bond donors (Lipinski definition) is 2. The molecule has 16 heavy (non-hydrogen) atoms. The van der Waals surface area contributed by atoms with Crippen LogP contribution in [0.1, 0.15) is 17.5 Å². The molecule has 0 aliphatic carbocycles. The summed E-state index contributed by atoms with van der Waals surface area (Å²) in [5, 5.41) is 2.81. The Balaban J connectivity index is 2.98. The van der Waals surface area contributed by atoms with Crippen LogP contribution in [0.5, 0.6) is 5.75 Å². The molecule has 1 aromatic rings. The van der Waals surface area contributed by atoms with Gasteiger partial charge in [-0.25, -0.2) is 0 Å². The van der Waals surface area contributed by atoms with Gasteiger partial charge >= 0.3 is 0 Å². The number of hydrogen-bond acceptors (Lipinski definition) is 3. The monoisotopic (exact) mass is 222 g/mol. The lowest BCUT2D eigenvalue weighted by Crippen LogP contribution is -2.17. The number of carbonyl (C=O) groups is 1. The molecule has 0 aromatic heterocycles. The molecule has 1 aromatic carbocycles. The summed E-state index contributed by atoms with van der Waals surface area (Å²) < 4.78 is 5.24. The van der Waals surface area contributed by atoms with Crippen LogP contribution in [0.4, 0.5) is 5.69 Å². The van der Waals surface area contributed by atoms with Gasteiger partial charge in [0.25, 0.3) is 0 Å². The quantitative estimate of drug-likeness (QED) is 0.813. The molecule has 4 heteroatoms. The Bertz CT molecular complexity index is 389. The fourth-order valence-corrected chi connectivity index (χ4v) is 1.58. The zero-order valence-corrected chi connectivity index (χ0v) is 9.96. The minimum absolute atomic E-state index is 0.0900. The molecule has 0 bridgehead atoms. The van der Waals surface area contributed by atoms with Crippen molar-refractivity contribution in [3.8, 4) is 5.75 Å². The van der Waals surface area contributed by atoms with Crippen LogP contribution in [-0.2, 0) is 4.79 Å². The predicted molar refractivity (Wildman–Crippen MR) is 64.8 cm³/mol. The van der Waals surface area contributed by atoms with Gasteiger partial charge in [-0.05, 0) is 31.0 Å². The lowest BCUT2D eigenvalue weighted by molar-refractivity contribution is -0.116. The Hall–Kier alpha value is -1.55. The number of benzene rings is 1. The maximum absolute atomic E-state index is 11.5. The van der Waals surface area contributed by atoms with Gasteiger partial charge in [-0.15, -0.1) is 0 Å². The molecule has 1 amide bonds. The van der Waals surface area contributed by atoms with E-state index >= 15 is 0 Å². The summed E-state index contributed by atoms with van der Waals surface area (Å²) in [5.41, 5.74) is 8.14. The molecule has 0 unspecified atom stereocenters. The molecule has 0 spiro atoms. The van der Waals surface area contributed by atoms with E-state index < -0.39 is 0 Å². The third-order valence-corrected chi connectivity index (χ3v) is 2.30. The summed E-state index contributed by atoms with van der Waals surface area (Å²) in [6.07, 6.45) is 0.316. The number of amides is 1. The van der Waals surface area contributed by atoms with Crippen LogP contribution < -0.4 is 15.8 Å². The van der Waals surface area contributed by atoms with Crippen LogP contribution in [-0.4, -0.2) is 19.6 Å². The SMILES string of the molecule is COc1cc(C)cc(C)c1NC(=O)CCN. The first-order valence-electron chi connectivity index (χ1n) is 5.23. The van der Waals surface area contributed by atoms with Gasteiger partial charge in [-0.3, -0.25) is 4.79 Å². The fraction of sp³-hybridized carbons (Fsp3) is 0.417. The Morgan fingerprint density at radius 2 is 2.12 bits per heavy atom. The van der Waals surface area contributed by atoms with E-state index in [0.717, 1.165) is 16.8 Å². The molecule has 0 saturated carbocycles. The van der Waals surface area contributed by atoms with Crippen LogP contribution >= 0.6 is 0 Å². The van der Waals surface area contributed by atoms with Crippen molar-refractivity contribution in [3.05, 3.63) is 23.3 Å². The first-order chi connectivity index (χ1) is 7.58. The molecule has 88 valence electrons. The Kier molecular flexibility index (Phi) is 4.31. The van der Waals surface area contributed by atoms with Gasteiger partial charge in [0.05, 0.1) is 12.8 Å². The summed E-state index contributed by atoms with van der Waals surface area (Å²) in [4.78, 5) is 11.5. The van der Waals surface area contributed by atoms with Crippen LogP contribution in [0.25, 0.3) is 0 Å². The van der Waals surface area contributed by atoms with Gasteiger partial charge in [0, 0.05) is 13.0 Å². The van der Waals surface area contributed by atoms with Crippen molar-refractivity contribution < 1.29 is 9.53 Å². The summed E-state index contributed by atoms with van der Waals surface area (Å²) >= 11 is 0. The molecule has 3 N–H and O–H groups in total. The van der Waals surface area contributed by atoms with Crippen molar-refractivity contribution in [1.82, 2.24) is 0 Å². The standard InChI is InChI=1S/C12H18N2O2/c1-8-6-9(2)12(10(7-8)16-3)14-11(15)4-5-13/h6-7H,4-5,13H2,1-3H3,(H,14,15). The third-order valence-electron chi connectivity index (χ3n) is 2.30. The second kappa shape index (κ2) is 5.51. The van der Waals surface area contributed by atoms with Gasteiger partial charge < -0.3 is 15.8 Å². The van der Waals surface area contributed by atoms with Crippen molar-refractivity contribution in [2.24, 2.45) is 5.73 Å². The molecular formula is C12H18N2O2. The predicted octanol–water partition coefficient (Wildman–Crippen LogP) is 1.60. The van der Waals surface area contributed by atoms with Crippen molar-refractivity contribution >= 4 is 11.6 Å². The highest BCUT2D eigenvalue weighted by Gasteiger charge is 2.10. The van der Waals surface area contributed by atoms with Crippen LogP contribution in [0.2, 0.25) is 0 Å². The second-order valence-electron chi connectivity index (χ2n) is 3.75. The van der Waals surface area contributed by atoms with E-state index in [1.165, 1.54) is 0 Å². The first kappa shape index (κ1) is 12.5. The Labute approximate surface area is 95.8 Å². The number of anilines is 1. The van der Waals surface area contributed by atoms with E-state index in [0.29, 0.717) is 18.7 Å². The summed E-state index contributed by atoms with van der Waals surface area (Å²) in [7, 11) is 1.59. The number of methoxy groups -OCH3 is 1. The van der Waals surface area contributed by atoms with Gasteiger partial charge in [0.15, 0.2) is 0 Å². The lowest BCUT2D eigenvalue weighted by Gasteiger charge is -2.13. The van der Waals surface area contributed by atoms with Crippen molar-refractivity contribution in [3.63, 3.8) is 0 Å². The molecule has 0 heterocycles. The molecular weight excluding hydrogens is 204 g/mol. The first-order valence-corrected chi connectivity index (χ1v) is 5.23. The third kappa shape index (κ3) is 2.97. The molecule has 4 nitrogen and oxygen atoms in total. The molecule has 0 aliphatic heterocycles. The average Bonchev–Trinajstić information content (AvgIpc) is 2.22. The van der Waals surface area contributed by atoms with E-state index in [-0.39, 0.29) is 5.91 Å². The maximum Gasteiger partial charge on any atom is 0.225 e. The Morgan fingerprint density at radius 3 is 2.69 bits per heavy atom. The summed E-state index contributed by atoms with van der Waals surface area (Å²) in [6, 6.07) is 3.89. The number of carbonyl (C=O) groups excluding carboxylic acids is 1. The maximum atomic E-state index is 11.5. The normalized spacial score (nSPS) is 10.0. The van der Waals surface area contributed by atoms with E-state index in [2.05, 4.69) is 5.32 Å². The topological polar surface area (TPSA) is 64.3 Å². The average molecular weight is 222 g/mol. The van der Waals surface area contributed by atoms with Crippen LogP contribution in [0, 0.1) is 13.8 Å². The summed E-state index contributed by atoms with van der Waals surface area (Å²) in [5.74, 6) is 0.593. The number of aryl methyl sites for hydroxylation is 2.